The summed E-state index contributed by atoms with van der Waals surface area (Å²) >= 11 is 3.27. The Morgan fingerprint density at radius 3 is 2.74 bits per heavy atom. The van der Waals surface area contributed by atoms with E-state index in [9.17, 15) is 8.78 Å². The highest BCUT2D eigenvalue weighted by Crippen LogP contribution is 2.34. The number of nitrogens with one attached hydrogen (secondary N) is 1. The molecular formula is C14H19BrF2N2. The van der Waals surface area contributed by atoms with Crippen LogP contribution in [-0.2, 0) is 0 Å². The summed E-state index contributed by atoms with van der Waals surface area (Å²) in [6, 6.07) is 2.98. The van der Waals surface area contributed by atoms with E-state index in [-0.39, 0.29) is 6.04 Å². The van der Waals surface area contributed by atoms with Crippen molar-refractivity contribution in [3.63, 3.8) is 0 Å². The van der Waals surface area contributed by atoms with Gasteiger partial charge in [0.1, 0.15) is 5.82 Å². The van der Waals surface area contributed by atoms with Crippen molar-refractivity contribution in [1.82, 2.24) is 5.32 Å². The number of nitrogens with zero attached hydrogens (tertiary/aromatic N) is 1. The molecule has 1 aromatic carbocycles. The average molecular weight is 333 g/mol. The number of hydrogen-bond donors (Lipinski definition) is 1. The second kappa shape index (κ2) is 6.18. The molecule has 1 saturated heterocycles. The van der Waals surface area contributed by atoms with Crippen molar-refractivity contribution in [2.75, 3.05) is 18.0 Å². The first-order valence-corrected chi connectivity index (χ1v) is 7.46. The van der Waals surface area contributed by atoms with Crippen molar-refractivity contribution >= 4 is 21.6 Å². The minimum atomic E-state index is -0.552. The largest absolute Gasteiger partial charge is 0.365 e. The molecule has 0 aliphatic carbocycles. The fraction of sp³-hybridized carbons (Fsp3) is 0.571. The van der Waals surface area contributed by atoms with Crippen LogP contribution in [0, 0.1) is 11.6 Å². The predicted octanol–water partition coefficient (Wildman–Crippen LogP) is 3.69. The van der Waals surface area contributed by atoms with Gasteiger partial charge in [0.2, 0.25) is 0 Å². The lowest BCUT2D eigenvalue weighted by Crippen LogP contribution is -2.48. The monoisotopic (exact) mass is 332 g/mol. The van der Waals surface area contributed by atoms with E-state index in [2.05, 4.69) is 35.1 Å². The van der Waals surface area contributed by atoms with E-state index in [1.165, 1.54) is 6.07 Å². The molecule has 106 valence electrons. The van der Waals surface area contributed by atoms with Crippen molar-refractivity contribution in [3.8, 4) is 0 Å². The maximum atomic E-state index is 14.0. The van der Waals surface area contributed by atoms with E-state index in [1.54, 1.807) is 0 Å². The maximum absolute atomic E-state index is 14.0. The Morgan fingerprint density at radius 1 is 1.42 bits per heavy atom. The third kappa shape index (κ3) is 3.26. The molecule has 1 aliphatic rings. The summed E-state index contributed by atoms with van der Waals surface area (Å²) in [6.45, 7) is 5.90. The average Bonchev–Trinajstić information content (AvgIpc) is 2.31. The van der Waals surface area contributed by atoms with Crippen molar-refractivity contribution < 1.29 is 8.78 Å². The number of rotatable bonds is 3. The maximum Gasteiger partial charge on any atom is 0.150 e. The summed E-state index contributed by atoms with van der Waals surface area (Å²) in [4.78, 5) is 2.02. The van der Waals surface area contributed by atoms with Crippen LogP contribution in [0.2, 0.25) is 0 Å². The zero-order valence-electron chi connectivity index (χ0n) is 11.2. The van der Waals surface area contributed by atoms with Gasteiger partial charge in [0, 0.05) is 29.2 Å². The highest BCUT2D eigenvalue weighted by molar-refractivity contribution is 9.10. The Balaban J connectivity index is 2.19. The molecule has 1 heterocycles. The summed E-state index contributed by atoms with van der Waals surface area (Å²) < 4.78 is 27.6. The number of halogens is 3. The summed E-state index contributed by atoms with van der Waals surface area (Å²) in [6.07, 6.45) is 1.94. The molecule has 1 aliphatic heterocycles. The van der Waals surface area contributed by atoms with Crippen molar-refractivity contribution in [3.05, 3.63) is 28.2 Å². The Morgan fingerprint density at radius 2 is 2.16 bits per heavy atom. The molecule has 19 heavy (non-hydrogen) atoms. The molecule has 0 saturated carbocycles. The van der Waals surface area contributed by atoms with Crippen LogP contribution in [0.4, 0.5) is 14.5 Å². The summed E-state index contributed by atoms with van der Waals surface area (Å²) in [7, 11) is 0. The highest BCUT2D eigenvalue weighted by Gasteiger charge is 2.28. The minimum absolute atomic E-state index is 0.231. The fourth-order valence-electron chi connectivity index (χ4n) is 2.79. The van der Waals surface area contributed by atoms with E-state index in [0.717, 1.165) is 32.0 Å². The topological polar surface area (TPSA) is 15.3 Å². The molecule has 0 aromatic heterocycles. The van der Waals surface area contributed by atoms with Gasteiger partial charge in [-0.1, -0.05) is 6.92 Å². The van der Waals surface area contributed by atoms with Gasteiger partial charge in [-0.05, 0) is 48.3 Å². The number of hydrogen-bond acceptors (Lipinski definition) is 2. The molecule has 2 unspecified atom stereocenters. The van der Waals surface area contributed by atoms with Crippen LogP contribution >= 0.6 is 15.9 Å². The zero-order chi connectivity index (χ0) is 14.0. The lowest BCUT2D eigenvalue weighted by atomic mass is 9.97. The van der Waals surface area contributed by atoms with Crippen LogP contribution in [0.1, 0.15) is 26.7 Å². The molecule has 0 bridgehead atoms. The third-order valence-corrected chi connectivity index (χ3v) is 4.24. The first kappa shape index (κ1) is 14.7. The van der Waals surface area contributed by atoms with Gasteiger partial charge in [0.05, 0.1) is 5.69 Å². The van der Waals surface area contributed by atoms with Gasteiger partial charge in [-0.2, -0.15) is 0 Å². The van der Waals surface area contributed by atoms with Gasteiger partial charge in [0.15, 0.2) is 5.82 Å². The predicted molar refractivity (Wildman–Crippen MR) is 77.6 cm³/mol. The molecule has 0 radical (unpaired) electrons. The van der Waals surface area contributed by atoms with E-state index in [1.807, 2.05) is 4.90 Å². The van der Waals surface area contributed by atoms with E-state index < -0.39 is 11.6 Å². The van der Waals surface area contributed by atoms with Gasteiger partial charge in [-0.25, -0.2) is 8.78 Å². The molecule has 5 heteroatoms. The van der Waals surface area contributed by atoms with Crippen LogP contribution in [0.3, 0.4) is 0 Å². The van der Waals surface area contributed by atoms with Gasteiger partial charge >= 0.3 is 0 Å². The van der Waals surface area contributed by atoms with Gasteiger partial charge in [-0.15, -0.1) is 0 Å². The second-order valence-electron chi connectivity index (χ2n) is 5.04. The third-order valence-electron chi connectivity index (χ3n) is 3.64. The van der Waals surface area contributed by atoms with Crippen molar-refractivity contribution in [1.29, 1.82) is 0 Å². The summed E-state index contributed by atoms with van der Waals surface area (Å²) in [5.41, 5.74) is 0.476. The fourth-order valence-corrected chi connectivity index (χ4v) is 3.42. The minimum Gasteiger partial charge on any atom is -0.365 e. The van der Waals surface area contributed by atoms with Crippen molar-refractivity contribution in [2.24, 2.45) is 0 Å². The van der Waals surface area contributed by atoms with E-state index >= 15 is 0 Å². The lowest BCUT2D eigenvalue weighted by molar-refractivity contribution is 0.371. The van der Waals surface area contributed by atoms with Crippen molar-refractivity contribution in [2.45, 2.75) is 38.8 Å². The molecule has 0 amide bonds. The van der Waals surface area contributed by atoms with Gasteiger partial charge in [-0.3, -0.25) is 0 Å². The first-order valence-electron chi connectivity index (χ1n) is 6.67. The molecular weight excluding hydrogens is 314 g/mol. The Bertz CT molecular complexity index is 430. The van der Waals surface area contributed by atoms with E-state index in [4.69, 9.17) is 0 Å². The molecule has 2 atom stereocenters. The molecule has 2 rings (SSSR count). The van der Waals surface area contributed by atoms with Gasteiger partial charge < -0.3 is 10.2 Å². The molecule has 2 nitrogen and oxygen atoms in total. The van der Waals surface area contributed by atoms with Crippen LogP contribution < -0.4 is 10.2 Å². The standard InChI is InChI=1S/C14H19BrF2N2/c1-3-18-11-4-5-19(9(2)6-11)14-12(15)7-10(16)8-13(14)17/h7-9,11,18H,3-6H2,1-2H3. The first-order chi connectivity index (χ1) is 9.02. The molecule has 1 N–H and O–H groups in total. The molecule has 1 fully saturated rings. The van der Waals surface area contributed by atoms with Crippen LogP contribution in [0.25, 0.3) is 0 Å². The summed E-state index contributed by atoms with van der Waals surface area (Å²) in [5, 5.41) is 3.43. The van der Waals surface area contributed by atoms with Crippen LogP contribution in [-0.4, -0.2) is 25.2 Å². The zero-order valence-corrected chi connectivity index (χ0v) is 12.8. The van der Waals surface area contributed by atoms with Crippen LogP contribution in [0.15, 0.2) is 16.6 Å². The Hall–Kier alpha value is -0.680. The smallest absolute Gasteiger partial charge is 0.150 e. The van der Waals surface area contributed by atoms with Gasteiger partial charge in [0.25, 0.3) is 0 Å². The molecule has 1 aromatic rings. The lowest BCUT2D eigenvalue weighted by Gasteiger charge is -2.40. The highest BCUT2D eigenvalue weighted by atomic mass is 79.9. The Kier molecular flexibility index (Phi) is 4.79. The quantitative estimate of drug-likeness (QED) is 0.908. The van der Waals surface area contributed by atoms with Crippen LogP contribution in [0.5, 0.6) is 0 Å². The Labute approximate surface area is 121 Å². The second-order valence-corrected chi connectivity index (χ2v) is 5.89. The molecule has 0 spiro atoms. The number of benzene rings is 1. The summed E-state index contributed by atoms with van der Waals surface area (Å²) in [5.74, 6) is -1.05. The SMILES string of the molecule is CCNC1CCN(c2c(F)cc(F)cc2Br)C(C)C1. The number of piperidine rings is 1. The van der Waals surface area contributed by atoms with E-state index in [0.29, 0.717) is 16.2 Å². The normalized spacial score (nSPS) is 23.7. The number of anilines is 1.